The van der Waals surface area contributed by atoms with Crippen molar-refractivity contribution >= 4 is 5.69 Å². The molecule has 0 fully saturated rings. The first kappa shape index (κ1) is 13.9. The van der Waals surface area contributed by atoms with E-state index >= 15 is 0 Å². The second-order valence-corrected chi connectivity index (χ2v) is 3.55. The van der Waals surface area contributed by atoms with Crippen molar-refractivity contribution in [3.63, 3.8) is 0 Å². The summed E-state index contributed by atoms with van der Waals surface area (Å²) in [4.78, 5) is 0. The molecule has 2 N–H and O–H groups in total. The first-order valence-electron chi connectivity index (χ1n) is 5.41. The molecule has 0 saturated carbocycles. The second kappa shape index (κ2) is 8.00. The minimum Gasteiger partial charge on any atom is -0.399 e. The van der Waals surface area contributed by atoms with Crippen LogP contribution < -0.4 is 5.73 Å². The smallest absolute Gasteiger partial charge is 0.125 e. The number of hydrogen-bond acceptors (Lipinski definition) is 4. The third-order valence-corrected chi connectivity index (χ3v) is 2.05. The Labute approximate surface area is 100 Å². The average molecular weight is 243 g/mol. The molecule has 0 bridgehead atoms. The van der Waals surface area contributed by atoms with Crippen molar-refractivity contribution in [2.24, 2.45) is 0 Å². The number of ether oxygens (including phenoxy) is 3. The molecule has 0 saturated heterocycles. The van der Waals surface area contributed by atoms with Crippen LogP contribution in [-0.2, 0) is 20.8 Å². The SMILES string of the molecule is COCCOCCOCc1cc(N)cc(F)c1. The van der Waals surface area contributed by atoms with Crippen LogP contribution in [0.15, 0.2) is 18.2 Å². The topological polar surface area (TPSA) is 53.7 Å². The van der Waals surface area contributed by atoms with E-state index in [4.69, 9.17) is 19.9 Å². The lowest BCUT2D eigenvalue weighted by Gasteiger charge is -2.06. The number of halogens is 1. The fraction of sp³-hybridized carbons (Fsp3) is 0.500. The quantitative estimate of drug-likeness (QED) is 0.556. The first-order valence-corrected chi connectivity index (χ1v) is 5.41. The number of nitrogens with two attached hydrogens (primary N) is 1. The summed E-state index contributed by atoms with van der Waals surface area (Å²) in [6.07, 6.45) is 0. The van der Waals surface area contributed by atoms with Crippen LogP contribution in [0.25, 0.3) is 0 Å². The highest BCUT2D eigenvalue weighted by Gasteiger charge is 1.99. The molecule has 0 heterocycles. The average Bonchev–Trinajstić information content (AvgIpc) is 2.26. The van der Waals surface area contributed by atoms with Gasteiger partial charge in [0.25, 0.3) is 0 Å². The van der Waals surface area contributed by atoms with Gasteiger partial charge in [-0.05, 0) is 23.8 Å². The highest BCUT2D eigenvalue weighted by atomic mass is 19.1. The van der Waals surface area contributed by atoms with Gasteiger partial charge in [0.2, 0.25) is 0 Å². The summed E-state index contributed by atoms with van der Waals surface area (Å²) in [5.41, 5.74) is 6.63. The van der Waals surface area contributed by atoms with Crippen molar-refractivity contribution in [1.82, 2.24) is 0 Å². The molecule has 0 spiro atoms. The van der Waals surface area contributed by atoms with E-state index in [1.165, 1.54) is 12.1 Å². The van der Waals surface area contributed by atoms with Gasteiger partial charge < -0.3 is 19.9 Å². The van der Waals surface area contributed by atoms with E-state index in [-0.39, 0.29) is 5.82 Å². The fourth-order valence-corrected chi connectivity index (χ4v) is 1.31. The lowest BCUT2D eigenvalue weighted by Crippen LogP contribution is -2.08. The van der Waals surface area contributed by atoms with Gasteiger partial charge >= 0.3 is 0 Å². The maximum absolute atomic E-state index is 13.0. The number of hydrogen-bond donors (Lipinski definition) is 1. The van der Waals surface area contributed by atoms with E-state index in [1.807, 2.05) is 0 Å². The molecule has 0 aliphatic heterocycles. The van der Waals surface area contributed by atoms with Crippen LogP contribution in [0.1, 0.15) is 5.56 Å². The third-order valence-electron chi connectivity index (χ3n) is 2.05. The predicted octanol–water partition coefficient (Wildman–Crippen LogP) is 1.59. The van der Waals surface area contributed by atoms with Gasteiger partial charge in [0.1, 0.15) is 5.82 Å². The van der Waals surface area contributed by atoms with Gasteiger partial charge in [0.15, 0.2) is 0 Å². The minimum atomic E-state index is -0.347. The van der Waals surface area contributed by atoms with E-state index in [1.54, 1.807) is 13.2 Å². The maximum atomic E-state index is 13.0. The van der Waals surface area contributed by atoms with Crippen LogP contribution in [0.3, 0.4) is 0 Å². The van der Waals surface area contributed by atoms with E-state index in [2.05, 4.69) is 0 Å². The molecule has 4 nitrogen and oxygen atoms in total. The Kier molecular flexibility index (Phi) is 6.54. The molecule has 0 aliphatic carbocycles. The zero-order chi connectivity index (χ0) is 12.5. The zero-order valence-corrected chi connectivity index (χ0v) is 9.95. The number of rotatable bonds is 8. The lowest BCUT2D eigenvalue weighted by molar-refractivity contribution is 0.0199. The highest BCUT2D eigenvalue weighted by molar-refractivity contribution is 5.41. The molecule has 1 aromatic rings. The van der Waals surface area contributed by atoms with Crippen molar-refractivity contribution in [3.8, 4) is 0 Å². The van der Waals surface area contributed by atoms with Gasteiger partial charge in [0, 0.05) is 12.8 Å². The van der Waals surface area contributed by atoms with Crippen LogP contribution in [0, 0.1) is 5.82 Å². The molecule has 0 amide bonds. The van der Waals surface area contributed by atoms with Crippen LogP contribution in [0.4, 0.5) is 10.1 Å². The van der Waals surface area contributed by atoms with Crippen LogP contribution >= 0.6 is 0 Å². The predicted molar refractivity (Wildman–Crippen MR) is 63.2 cm³/mol. The molecule has 1 rings (SSSR count). The van der Waals surface area contributed by atoms with Crippen molar-refractivity contribution in [2.45, 2.75) is 6.61 Å². The van der Waals surface area contributed by atoms with E-state index in [0.717, 1.165) is 5.56 Å². The Morgan fingerprint density at radius 1 is 1.06 bits per heavy atom. The summed E-state index contributed by atoms with van der Waals surface area (Å²) in [7, 11) is 1.62. The second-order valence-electron chi connectivity index (χ2n) is 3.55. The zero-order valence-electron chi connectivity index (χ0n) is 9.95. The van der Waals surface area contributed by atoms with E-state index in [0.29, 0.717) is 38.7 Å². The Hall–Kier alpha value is -1.17. The van der Waals surface area contributed by atoms with Gasteiger partial charge in [-0.3, -0.25) is 0 Å². The first-order chi connectivity index (χ1) is 8.22. The maximum Gasteiger partial charge on any atom is 0.125 e. The lowest BCUT2D eigenvalue weighted by atomic mass is 10.2. The fourth-order valence-electron chi connectivity index (χ4n) is 1.31. The molecule has 0 atom stereocenters. The van der Waals surface area contributed by atoms with Crippen molar-refractivity contribution in [1.29, 1.82) is 0 Å². The molecular formula is C12H18FNO3. The molecule has 17 heavy (non-hydrogen) atoms. The summed E-state index contributed by atoms with van der Waals surface area (Å²) < 4.78 is 28.3. The number of benzene rings is 1. The molecule has 5 heteroatoms. The summed E-state index contributed by atoms with van der Waals surface area (Å²) in [5, 5.41) is 0. The van der Waals surface area contributed by atoms with Gasteiger partial charge in [-0.25, -0.2) is 4.39 Å². The Morgan fingerprint density at radius 2 is 1.76 bits per heavy atom. The van der Waals surface area contributed by atoms with Crippen molar-refractivity contribution < 1.29 is 18.6 Å². The van der Waals surface area contributed by atoms with E-state index in [9.17, 15) is 4.39 Å². The standard InChI is InChI=1S/C12H18FNO3/c1-15-2-3-16-4-5-17-9-10-6-11(13)8-12(14)7-10/h6-8H,2-5,9,14H2,1H3. The Bertz CT molecular complexity index is 313. The molecule has 0 aromatic heterocycles. The summed E-state index contributed by atoms with van der Waals surface area (Å²) in [6, 6.07) is 4.37. The molecule has 0 radical (unpaired) electrons. The van der Waals surface area contributed by atoms with Crippen molar-refractivity contribution in [2.75, 3.05) is 39.3 Å². The summed E-state index contributed by atoms with van der Waals surface area (Å²) in [6.45, 7) is 2.40. The third kappa shape index (κ3) is 6.21. The summed E-state index contributed by atoms with van der Waals surface area (Å²) in [5.74, 6) is -0.347. The number of nitrogen functional groups attached to an aromatic ring is 1. The van der Waals surface area contributed by atoms with E-state index < -0.39 is 0 Å². The molecular weight excluding hydrogens is 225 g/mol. The van der Waals surface area contributed by atoms with Crippen LogP contribution in [0.5, 0.6) is 0 Å². The highest BCUT2D eigenvalue weighted by Crippen LogP contribution is 2.11. The molecule has 0 aliphatic rings. The summed E-state index contributed by atoms with van der Waals surface area (Å²) >= 11 is 0. The monoisotopic (exact) mass is 243 g/mol. The Morgan fingerprint density at radius 3 is 2.47 bits per heavy atom. The molecule has 96 valence electrons. The minimum absolute atomic E-state index is 0.329. The largest absolute Gasteiger partial charge is 0.399 e. The molecule has 0 unspecified atom stereocenters. The normalized spacial score (nSPS) is 10.7. The van der Waals surface area contributed by atoms with Gasteiger partial charge in [-0.1, -0.05) is 0 Å². The van der Waals surface area contributed by atoms with Gasteiger partial charge in [-0.15, -0.1) is 0 Å². The van der Waals surface area contributed by atoms with Gasteiger partial charge in [0.05, 0.1) is 33.0 Å². The van der Waals surface area contributed by atoms with Crippen LogP contribution in [0.2, 0.25) is 0 Å². The number of anilines is 1. The van der Waals surface area contributed by atoms with Gasteiger partial charge in [-0.2, -0.15) is 0 Å². The van der Waals surface area contributed by atoms with Crippen LogP contribution in [-0.4, -0.2) is 33.5 Å². The Balaban J connectivity index is 2.13. The molecule has 1 aromatic carbocycles. The van der Waals surface area contributed by atoms with Crippen molar-refractivity contribution in [3.05, 3.63) is 29.6 Å². The number of methoxy groups -OCH3 is 1.